The number of hydrogen-bond acceptors (Lipinski definition) is 9. The van der Waals surface area contributed by atoms with E-state index in [1.54, 1.807) is 20.4 Å². The highest BCUT2D eigenvalue weighted by Crippen LogP contribution is 2.37. The van der Waals surface area contributed by atoms with Gasteiger partial charge in [-0.3, -0.25) is 4.98 Å². The van der Waals surface area contributed by atoms with Crippen LogP contribution in [0.25, 0.3) is 10.9 Å². The van der Waals surface area contributed by atoms with Crippen molar-refractivity contribution in [3.05, 3.63) is 24.4 Å². The van der Waals surface area contributed by atoms with Crippen LogP contribution >= 0.6 is 0 Å². The van der Waals surface area contributed by atoms with Gasteiger partial charge in [0.1, 0.15) is 0 Å². The van der Waals surface area contributed by atoms with Crippen molar-refractivity contribution in [3.63, 3.8) is 0 Å². The van der Waals surface area contributed by atoms with Crippen LogP contribution in [0.5, 0.6) is 11.5 Å². The van der Waals surface area contributed by atoms with Crippen molar-refractivity contribution < 1.29 is 32.2 Å². The van der Waals surface area contributed by atoms with E-state index in [9.17, 15) is 13.2 Å². The third-order valence-electron chi connectivity index (χ3n) is 6.57. The van der Waals surface area contributed by atoms with Crippen molar-refractivity contribution in [2.75, 3.05) is 52.2 Å². The summed E-state index contributed by atoms with van der Waals surface area (Å²) >= 11 is 0. The molecule has 0 saturated carbocycles. The molecular formula is C25H38N4O7S. The molecule has 1 amide bonds. The Morgan fingerprint density at radius 2 is 1.97 bits per heavy atom. The summed E-state index contributed by atoms with van der Waals surface area (Å²) in [5, 5.41) is 0.963. The molecule has 0 bridgehead atoms. The Kier molecular flexibility index (Phi) is 10.6. The molecule has 37 heavy (non-hydrogen) atoms. The van der Waals surface area contributed by atoms with Gasteiger partial charge in [-0.15, -0.1) is 0 Å². The molecule has 2 N–H and O–H groups in total. The maximum absolute atomic E-state index is 12.2. The highest BCUT2D eigenvalue weighted by atomic mass is 32.2. The van der Waals surface area contributed by atoms with Crippen LogP contribution in [-0.2, 0) is 19.7 Å². The number of nitrogens with zero attached hydrogens (tertiary/aromatic N) is 2. The average Bonchev–Trinajstić information content (AvgIpc) is 2.89. The van der Waals surface area contributed by atoms with Crippen molar-refractivity contribution in [1.82, 2.24) is 14.4 Å². The van der Waals surface area contributed by atoms with Crippen molar-refractivity contribution >= 4 is 32.9 Å². The third-order valence-corrected chi connectivity index (χ3v) is 7.55. The number of carbonyl (C=O) groups is 1. The van der Waals surface area contributed by atoms with Gasteiger partial charge in [-0.25, -0.2) is 9.52 Å². The Morgan fingerprint density at radius 1 is 1.22 bits per heavy atom. The molecule has 11 nitrogen and oxygen atoms in total. The summed E-state index contributed by atoms with van der Waals surface area (Å²) < 4.78 is 49.8. The number of ether oxygens (including phenoxy) is 4. The van der Waals surface area contributed by atoms with Crippen molar-refractivity contribution in [1.29, 1.82) is 0 Å². The van der Waals surface area contributed by atoms with Gasteiger partial charge in [-0.1, -0.05) is 20.3 Å². The first-order valence-corrected chi connectivity index (χ1v) is 14.0. The standard InChI is InChI=1S/C25H38N4O7S/c1-5-6-13-35-25(30)28-37(31,32)27-16-18(2)19-8-11-29(12-9-19)22-7-10-26-21-15-23(34-4)24(14-20(21)22)36-17-33-3/h7,10,14-15,18-19,27H,5-6,8-9,11-13,16-17H2,1-4H3,(H,28,30). The zero-order valence-electron chi connectivity index (χ0n) is 22.0. The second-order valence-electron chi connectivity index (χ2n) is 9.15. The number of nitrogens with one attached hydrogen (secondary N) is 2. The molecule has 2 heterocycles. The Hall–Kier alpha value is -2.83. The van der Waals surface area contributed by atoms with E-state index in [4.69, 9.17) is 18.9 Å². The Balaban J connectivity index is 1.58. The number of benzene rings is 1. The molecule has 1 aromatic carbocycles. The van der Waals surface area contributed by atoms with Crippen LogP contribution < -0.4 is 23.8 Å². The fourth-order valence-corrected chi connectivity index (χ4v) is 5.24. The number of rotatable bonds is 13. The summed E-state index contributed by atoms with van der Waals surface area (Å²) in [5.74, 6) is 1.62. The minimum absolute atomic E-state index is 0.0994. The smallest absolute Gasteiger partial charge is 0.421 e. The van der Waals surface area contributed by atoms with Gasteiger partial charge in [-0.05, 0) is 43.2 Å². The van der Waals surface area contributed by atoms with Gasteiger partial charge < -0.3 is 23.8 Å². The number of anilines is 1. The Morgan fingerprint density at radius 3 is 2.65 bits per heavy atom. The lowest BCUT2D eigenvalue weighted by Crippen LogP contribution is -2.44. The maximum atomic E-state index is 12.2. The molecule has 2 aromatic rings. The van der Waals surface area contributed by atoms with E-state index in [1.165, 1.54) is 0 Å². The molecule has 1 aliphatic rings. The van der Waals surface area contributed by atoms with Gasteiger partial charge in [0, 0.05) is 50.1 Å². The minimum atomic E-state index is -3.97. The number of hydrogen-bond donors (Lipinski definition) is 2. The number of pyridine rings is 1. The molecule has 1 saturated heterocycles. The Bertz CT molecular complexity index is 1140. The fourth-order valence-electron chi connectivity index (χ4n) is 4.41. The van der Waals surface area contributed by atoms with Gasteiger partial charge in [0.05, 0.1) is 19.2 Å². The summed E-state index contributed by atoms with van der Waals surface area (Å²) in [5.41, 5.74) is 1.87. The number of methoxy groups -OCH3 is 2. The number of piperidine rings is 1. The quantitative estimate of drug-likeness (QED) is 0.291. The van der Waals surface area contributed by atoms with Crippen LogP contribution in [0.15, 0.2) is 24.4 Å². The molecular weight excluding hydrogens is 500 g/mol. The summed E-state index contributed by atoms with van der Waals surface area (Å²) in [6, 6.07) is 5.79. The first kappa shape index (κ1) is 28.7. The molecule has 1 fully saturated rings. The number of carbonyl (C=O) groups excluding carboxylic acids is 1. The highest BCUT2D eigenvalue weighted by molar-refractivity contribution is 7.88. The van der Waals surface area contributed by atoms with Crippen LogP contribution in [-0.4, -0.2) is 66.7 Å². The zero-order valence-corrected chi connectivity index (χ0v) is 22.8. The average molecular weight is 539 g/mol. The van der Waals surface area contributed by atoms with E-state index >= 15 is 0 Å². The topological polar surface area (TPSA) is 128 Å². The molecule has 0 spiro atoms. The van der Waals surface area contributed by atoms with Gasteiger partial charge in [0.25, 0.3) is 0 Å². The van der Waals surface area contributed by atoms with E-state index in [0.717, 1.165) is 48.9 Å². The van der Waals surface area contributed by atoms with E-state index in [2.05, 4.69) is 14.6 Å². The number of unbranched alkanes of at least 4 members (excludes halogenated alkanes) is 1. The van der Waals surface area contributed by atoms with Crippen molar-refractivity contribution in [2.24, 2.45) is 11.8 Å². The van der Waals surface area contributed by atoms with Gasteiger partial charge in [0.2, 0.25) is 0 Å². The molecule has 1 unspecified atom stereocenters. The van der Waals surface area contributed by atoms with E-state index in [1.807, 2.05) is 36.8 Å². The maximum Gasteiger partial charge on any atom is 0.421 e. The van der Waals surface area contributed by atoms with Crippen LogP contribution in [0, 0.1) is 11.8 Å². The second-order valence-corrected chi connectivity index (χ2v) is 10.6. The fraction of sp³-hybridized carbons (Fsp3) is 0.600. The molecule has 1 atom stereocenters. The van der Waals surface area contributed by atoms with Gasteiger partial charge in [-0.2, -0.15) is 13.1 Å². The molecule has 12 heteroatoms. The number of fused-ring (bicyclic) bond motifs is 1. The first-order chi connectivity index (χ1) is 17.8. The minimum Gasteiger partial charge on any atom is -0.493 e. The number of amides is 1. The van der Waals surface area contributed by atoms with Crippen LogP contribution in [0.2, 0.25) is 0 Å². The lowest BCUT2D eigenvalue weighted by molar-refractivity contribution is 0.0493. The van der Waals surface area contributed by atoms with Crippen LogP contribution in [0.4, 0.5) is 10.5 Å². The monoisotopic (exact) mass is 538 g/mol. The van der Waals surface area contributed by atoms with E-state index in [-0.39, 0.29) is 25.9 Å². The first-order valence-electron chi connectivity index (χ1n) is 12.6. The molecule has 1 aromatic heterocycles. The summed E-state index contributed by atoms with van der Waals surface area (Å²) in [6.45, 7) is 6.16. The molecule has 206 valence electrons. The van der Waals surface area contributed by atoms with E-state index < -0.39 is 16.3 Å². The van der Waals surface area contributed by atoms with Gasteiger partial charge >= 0.3 is 16.3 Å². The predicted octanol–water partition coefficient (Wildman–Crippen LogP) is 3.44. The largest absolute Gasteiger partial charge is 0.493 e. The van der Waals surface area contributed by atoms with Crippen LogP contribution in [0.3, 0.4) is 0 Å². The lowest BCUT2D eigenvalue weighted by Gasteiger charge is -2.36. The van der Waals surface area contributed by atoms with Crippen LogP contribution in [0.1, 0.15) is 39.5 Å². The van der Waals surface area contributed by atoms with E-state index in [0.29, 0.717) is 23.8 Å². The SMILES string of the molecule is CCCCOC(=O)NS(=O)(=O)NCC(C)C1CCN(c2ccnc3cc(OC)c(OCOC)cc23)CC1. The molecule has 1 aliphatic heterocycles. The highest BCUT2D eigenvalue weighted by Gasteiger charge is 2.26. The Labute approximate surface area is 219 Å². The normalized spacial score (nSPS) is 15.4. The summed E-state index contributed by atoms with van der Waals surface area (Å²) in [4.78, 5) is 18.5. The number of aromatic nitrogens is 1. The second kappa shape index (κ2) is 13.6. The zero-order chi connectivity index (χ0) is 26.8. The molecule has 0 radical (unpaired) electrons. The van der Waals surface area contributed by atoms with Crippen molar-refractivity contribution in [2.45, 2.75) is 39.5 Å². The summed E-state index contributed by atoms with van der Waals surface area (Å²) in [6.07, 6.45) is 4.18. The van der Waals surface area contributed by atoms with Crippen molar-refractivity contribution in [3.8, 4) is 11.5 Å². The lowest BCUT2D eigenvalue weighted by atomic mass is 9.85. The molecule has 3 rings (SSSR count). The molecule has 0 aliphatic carbocycles. The summed E-state index contributed by atoms with van der Waals surface area (Å²) in [7, 11) is -0.815. The predicted molar refractivity (Wildman–Crippen MR) is 141 cm³/mol. The third kappa shape index (κ3) is 8.08. The van der Waals surface area contributed by atoms with Gasteiger partial charge in [0.15, 0.2) is 18.3 Å².